The summed E-state index contributed by atoms with van der Waals surface area (Å²) < 4.78 is 17.2. The van der Waals surface area contributed by atoms with E-state index in [1.165, 1.54) is 7.11 Å². The summed E-state index contributed by atoms with van der Waals surface area (Å²) in [6.45, 7) is 0. The van der Waals surface area contributed by atoms with Crippen molar-refractivity contribution >= 4 is 15.9 Å². The summed E-state index contributed by atoms with van der Waals surface area (Å²) in [5, 5.41) is 9.71. The van der Waals surface area contributed by atoms with Crippen LogP contribution in [-0.2, 0) is 0 Å². The number of nitrogens with zero attached hydrogens (tertiary/aromatic N) is 2. The van der Waals surface area contributed by atoms with Crippen LogP contribution in [0.3, 0.4) is 0 Å². The van der Waals surface area contributed by atoms with Crippen LogP contribution < -0.4 is 14.2 Å². The van der Waals surface area contributed by atoms with Crippen LogP contribution >= 0.6 is 15.9 Å². The summed E-state index contributed by atoms with van der Waals surface area (Å²) in [5.41, 5.74) is 3.40. The van der Waals surface area contributed by atoms with Gasteiger partial charge in [0.1, 0.15) is 23.1 Å². The minimum Gasteiger partial charge on any atom is -0.497 e. The molecule has 0 amide bonds. The highest BCUT2D eigenvalue weighted by Crippen LogP contribution is 2.39. The van der Waals surface area contributed by atoms with E-state index in [9.17, 15) is 5.26 Å². The van der Waals surface area contributed by atoms with Crippen LogP contribution in [0.25, 0.3) is 22.4 Å². The molecule has 5 nitrogen and oxygen atoms in total. The van der Waals surface area contributed by atoms with E-state index in [0.29, 0.717) is 28.3 Å². The Bertz CT molecular complexity index is 1010. The number of methoxy groups -OCH3 is 3. The lowest BCUT2D eigenvalue weighted by atomic mass is 9.98. The molecule has 2 aromatic carbocycles. The quantitative estimate of drug-likeness (QED) is 0.571. The fourth-order valence-corrected chi connectivity index (χ4v) is 3.04. The summed E-state index contributed by atoms with van der Waals surface area (Å²) in [6.07, 6.45) is 0. The van der Waals surface area contributed by atoms with Gasteiger partial charge < -0.3 is 14.2 Å². The molecule has 0 radical (unpaired) electrons. The average molecular weight is 425 g/mol. The van der Waals surface area contributed by atoms with Crippen molar-refractivity contribution in [3.8, 4) is 45.8 Å². The van der Waals surface area contributed by atoms with Gasteiger partial charge in [0.2, 0.25) is 5.88 Å². The Morgan fingerprint density at radius 1 is 0.889 bits per heavy atom. The molecule has 1 heterocycles. The third kappa shape index (κ3) is 3.74. The van der Waals surface area contributed by atoms with Crippen molar-refractivity contribution in [1.29, 1.82) is 5.26 Å². The number of ether oxygens (including phenoxy) is 3. The van der Waals surface area contributed by atoms with Gasteiger partial charge in [0.25, 0.3) is 0 Å². The number of benzene rings is 2. The van der Waals surface area contributed by atoms with E-state index in [2.05, 4.69) is 27.0 Å². The molecule has 3 rings (SSSR count). The van der Waals surface area contributed by atoms with Gasteiger partial charge in [-0.1, -0.05) is 28.1 Å². The maximum Gasteiger partial charge on any atom is 0.232 e. The predicted molar refractivity (Wildman–Crippen MR) is 107 cm³/mol. The third-order valence-electron chi connectivity index (χ3n) is 4.13. The van der Waals surface area contributed by atoms with E-state index < -0.39 is 0 Å². The molecule has 0 saturated carbocycles. The summed E-state index contributed by atoms with van der Waals surface area (Å²) >= 11 is 3.44. The van der Waals surface area contributed by atoms with E-state index in [0.717, 1.165) is 15.6 Å². The Balaban J connectivity index is 2.27. The normalized spacial score (nSPS) is 10.2. The van der Waals surface area contributed by atoms with Crippen molar-refractivity contribution in [3.63, 3.8) is 0 Å². The molecule has 1 aromatic heterocycles. The van der Waals surface area contributed by atoms with Crippen molar-refractivity contribution in [1.82, 2.24) is 4.98 Å². The molecule has 6 heteroatoms. The zero-order valence-electron chi connectivity index (χ0n) is 15.1. The first-order chi connectivity index (χ1) is 13.1. The first kappa shape index (κ1) is 18.7. The SMILES string of the molecule is COc1ccc(-c2cc(-c3ccc(Br)cc3)nc(OC)c2C#N)c(OC)c1. The van der Waals surface area contributed by atoms with Gasteiger partial charge in [0.15, 0.2) is 0 Å². The molecule has 0 N–H and O–H groups in total. The monoisotopic (exact) mass is 424 g/mol. The molecule has 0 spiro atoms. The highest BCUT2D eigenvalue weighted by Gasteiger charge is 2.19. The standard InChI is InChI=1S/C21H17BrN2O3/c1-25-15-8-9-16(20(10-15)26-2)17-11-19(13-4-6-14(22)7-5-13)24-21(27-3)18(17)12-23/h4-11H,1-3H3. The number of halogens is 1. The molecule has 0 atom stereocenters. The second-order valence-corrected chi connectivity index (χ2v) is 6.54. The van der Waals surface area contributed by atoms with Crippen LogP contribution in [0.4, 0.5) is 0 Å². The number of aromatic nitrogens is 1. The number of rotatable bonds is 5. The van der Waals surface area contributed by atoms with Crippen molar-refractivity contribution < 1.29 is 14.2 Å². The molecule has 0 saturated heterocycles. The van der Waals surface area contributed by atoms with Crippen LogP contribution in [0.15, 0.2) is 53.0 Å². The third-order valence-corrected chi connectivity index (χ3v) is 4.66. The zero-order chi connectivity index (χ0) is 19.4. The van der Waals surface area contributed by atoms with Crippen LogP contribution in [0, 0.1) is 11.3 Å². The lowest BCUT2D eigenvalue weighted by molar-refractivity contribution is 0.394. The summed E-state index contributed by atoms with van der Waals surface area (Å²) in [5.74, 6) is 1.54. The van der Waals surface area contributed by atoms with Crippen LogP contribution in [0.1, 0.15) is 5.56 Å². The highest BCUT2D eigenvalue weighted by molar-refractivity contribution is 9.10. The Morgan fingerprint density at radius 2 is 1.63 bits per heavy atom. The Labute approximate surface area is 166 Å². The molecule has 27 heavy (non-hydrogen) atoms. The van der Waals surface area contributed by atoms with Gasteiger partial charge >= 0.3 is 0 Å². The van der Waals surface area contributed by atoms with Crippen LogP contribution in [0.5, 0.6) is 17.4 Å². The second-order valence-electron chi connectivity index (χ2n) is 5.62. The van der Waals surface area contributed by atoms with E-state index >= 15 is 0 Å². The Morgan fingerprint density at radius 3 is 2.22 bits per heavy atom. The van der Waals surface area contributed by atoms with Crippen molar-refractivity contribution in [2.24, 2.45) is 0 Å². The van der Waals surface area contributed by atoms with E-state index in [1.54, 1.807) is 20.3 Å². The number of hydrogen-bond acceptors (Lipinski definition) is 5. The average Bonchev–Trinajstić information content (AvgIpc) is 2.72. The first-order valence-corrected chi connectivity index (χ1v) is 8.88. The molecule has 3 aromatic rings. The van der Waals surface area contributed by atoms with Gasteiger partial charge in [-0.25, -0.2) is 4.98 Å². The molecule has 0 fully saturated rings. The lowest BCUT2D eigenvalue weighted by Crippen LogP contribution is -1.99. The Hall–Kier alpha value is -3.04. The second kappa shape index (κ2) is 8.11. The van der Waals surface area contributed by atoms with Crippen molar-refractivity contribution in [2.45, 2.75) is 0 Å². The van der Waals surface area contributed by atoms with E-state index in [4.69, 9.17) is 14.2 Å². The molecule has 0 aliphatic heterocycles. The van der Waals surface area contributed by atoms with Gasteiger partial charge in [-0.05, 0) is 30.3 Å². The topological polar surface area (TPSA) is 64.4 Å². The smallest absolute Gasteiger partial charge is 0.232 e. The molecule has 0 aliphatic carbocycles. The first-order valence-electron chi connectivity index (χ1n) is 8.08. The van der Waals surface area contributed by atoms with Crippen LogP contribution in [0.2, 0.25) is 0 Å². The van der Waals surface area contributed by atoms with Crippen LogP contribution in [-0.4, -0.2) is 26.3 Å². The van der Waals surface area contributed by atoms with Gasteiger partial charge in [-0.2, -0.15) is 5.26 Å². The fraction of sp³-hybridized carbons (Fsp3) is 0.143. The lowest BCUT2D eigenvalue weighted by Gasteiger charge is -2.15. The molecule has 0 unspecified atom stereocenters. The molecule has 136 valence electrons. The van der Waals surface area contributed by atoms with E-state index in [-0.39, 0.29) is 5.88 Å². The van der Waals surface area contributed by atoms with Gasteiger partial charge in [0.05, 0.1) is 27.0 Å². The minimum atomic E-state index is 0.269. The highest BCUT2D eigenvalue weighted by atomic mass is 79.9. The minimum absolute atomic E-state index is 0.269. The van der Waals surface area contributed by atoms with Gasteiger partial charge in [-0.3, -0.25) is 0 Å². The number of nitriles is 1. The maximum absolute atomic E-state index is 9.71. The number of hydrogen-bond donors (Lipinski definition) is 0. The number of pyridine rings is 1. The van der Waals surface area contributed by atoms with Crippen molar-refractivity contribution in [3.05, 3.63) is 58.6 Å². The van der Waals surface area contributed by atoms with Crippen molar-refractivity contribution in [2.75, 3.05) is 21.3 Å². The summed E-state index contributed by atoms with van der Waals surface area (Å²) in [7, 11) is 4.68. The largest absolute Gasteiger partial charge is 0.497 e. The molecule has 0 bridgehead atoms. The van der Waals surface area contributed by atoms with E-state index in [1.807, 2.05) is 42.5 Å². The fourth-order valence-electron chi connectivity index (χ4n) is 2.78. The summed E-state index contributed by atoms with van der Waals surface area (Å²) in [6, 6.07) is 17.3. The van der Waals surface area contributed by atoms with Gasteiger partial charge in [-0.15, -0.1) is 0 Å². The molecular formula is C21H17BrN2O3. The Kier molecular flexibility index (Phi) is 5.63. The molecular weight excluding hydrogens is 408 g/mol. The molecule has 0 aliphatic rings. The predicted octanol–water partition coefficient (Wildman–Crippen LogP) is 5.08. The zero-order valence-corrected chi connectivity index (χ0v) is 16.7. The summed E-state index contributed by atoms with van der Waals surface area (Å²) in [4.78, 5) is 4.51. The maximum atomic E-state index is 9.71. The van der Waals surface area contributed by atoms with Gasteiger partial charge in [0, 0.05) is 27.2 Å².